The van der Waals surface area contributed by atoms with E-state index in [1.54, 1.807) is 4.90 Å². The number of halogens is 9. The van der Waals surface area contributed by atoms with E-state index in [-0.39, 0.29) is 37.0 Å². The second-order valence-electron chi connectivity index (χ2n) is 9.32. The highest BCUT2D eigenvalue weighted by Crippen LogP contribution is 2.38. The predicted molar refractivity (Wildman–Crippen MR) is 139 cm³/mol. The van der Waals surface area contributed by atoms with Crippen molar-refractivity contribution >= 4 is 29.2 Å². The number of fused-ring (bicyclic) bond motifs is 1. The number of methoxy groups -OCH3 is 1. The molecule has 0 radical (unpaired) electrons. The highest BCUT2D eigenvalue weighted by atomic mass is 19.4. The molecule has 18 heteroatoms. The largest absolute Gasteiger partial charge is 0.490 e. The van der Waals surface area contributed by atoms with Crippen LogP contribution in [0.1, 0.15) is 28.8 Å². The molecule has 1 aliphatic rings. The van der Waals surface area contributed by atoms with Crippen LogP contribution in [0.15, 0.2) is 42.6 Å². The number of pyridine rings is 1. The van der Waals surface area contributed by atoms with E-state index in [4.69, 9.17) is 20.4 Å². The van der Waals surface area contributed by atoms with Gasteiger partial charge in [0.2, 0.25) is 5.95 Å². The van der Waals surface area contributed by atoms with Crippen molar-refractivity contribution in [3.8, 4) is 0 Å². The van der Waals surface area contributed by atoms with Gasteiger partial charge in [-0.15, -0.1) is 0 Å². The van der Waals surface area contributed by atoms with Crippen molar-refractivity contribution in [2.24, 2.45) is 0 Å². The average molecular weight is 641 g/mol. The van der Waals surface area contributed by atoms with Crippen molar-refractivity contribution in [2.75, 3.05) is 36.2 Å². The molecular weight excluding hydrogens is 615 g/mol. The number of hydrogen-bond donors (Lipinski definition) is 3. The first-order chi connectivity index (χ1) is 20.4. The summed E-state index contributed by atoms with van der Waals surface area (Å²) < 4.78 is 117. The molecule has 1 atom stereocenters. The summed E-state index contributed by atoms with van der Waals surface area (Å²) in [5, 5.41) is 9.98. The van der Waals surface area contributed by atoms with Gasteiger partial charge in [-0.25, -0.2) is 14.8 Å². The maximum Gasteiger partial charge on any atom is 0.490 e. The van der Waals surface area contributed by atoms with Crippen molar-refractivity contribution in [3.63, 3.8) is 0 Å². The van der Waals surface area contributed by atoms with E-state index in [0.717, 1.165) is 18.2 Å². The zero-order valence-electron chi connectivity index (χ0n) is 22.7. The molecule has 0 saturated heterocycles. The minimum atomic E-state index is -5.08. The third kappa shape index (κ3) is 8.84. The van der Waals surface area contributed by atoms with Crippen LogP contribution in [0.25, 0.3) is 0 Å². The topological polar surface area (TPSA) is 126 Å². The molecule has 240 valence electrons. The summed E-state index contributed by atoms with van der Waals surface area (Å²) in [5.41, 5.74) is 6.02. The number of alkyl halides is 9. The van der Waals surface area contributed by atoms with Crippen LogP contribution in [0.2, 0.25) is 0 Å². The number of benzene rings is 1. The maximum absolute atomic E-state index is 13.8. The van der Waals surface area contributed by atoms with E-state index in [1.807, 2.05) is 0 Å². The summed E-state index contributed by atoms with van der Waals surface area (Å²) in [6.07, 6.45) is -11.9. The lowest BCUT2D eigenvalue weighted by molar-refractivity contribution is -0.192. The Bertz CT molecular complexity index is 1430. The van der Waals surface area contributed by atoms with Crippen LogP contribution in [-0.4, -0.2) is 58.5 Å². The van der Waals surface area contributed by atoms with Crippen molar-refractivity contribution in [2.45, 2.75) is 43.8 Å². The molecule has 1 aromatic carbocycles. The Morgan fingerprint density at radius 3 is 2.23 bits per heavy atom. The fourth-order valence-electron chi connectivity index (χ4n) is 4.30. The lowest BCUT2D eigenvalue weighted by Gasteiger charge is -2.32. The Morgan fingerprint density at radius 1 is 1.05 bits per heavy atom. The lowest BCUT2D eigenvalue weighted by Crippen LogP contribution is -2.39. The van der Waals surface area contributed by atoms with Gasteiger partial charge in [0.1, 0.15) is 11.6 Å². The normalized spacial score (nSPS) is 15.5. The molecule has 44 heavy (non-hydrogen) atoms. The number of anilines is 4. The highest BCUT2D eigenvalue weighted by molar-refractivity contribution is 5.73. The van der Waals surface area contributed by atoms with Gasteiger partial charge in [0.25, 0.3) is 0 Å². The van der Waals surface area contributed by atoms with Crippen LogP contribution in [0.3, 0.4) is 0 Å². The first-order valence-corrected chi connectivity index (χ1v) is 12.6. The second-order valence-corrected chi connectivity index (χ2v) is 9.32. The summed E-state index contributed by atoms with van der Waals surface area (Å²) >= 11 is 0. The average Bonchev–Trinajstić information content (AvgIpc) is 3.10. The number of carboxylic acid groups (broad SMARTS) is 1. The van der Waals surface area contributed by atoms with Gasteiger partial charge >= 0.3 is 24.5 Å². The molecule has 0 saturated carbocycles. The lowest BCUT2D eigenvalue weighted by atomic mass is 10.0. The number of aliphatic carboxylic acids is 1. The monoisotopic (exact) mass is 640 g/mol. The molecule has 1 unspecified atom stereocenters. The Hall–Kier alpha value is -4.35. The fraction of sp³-hybridized carbons (Fsp3) is 0.385. The van der Waals surface area contributed by atoms with E-state index >= 15 is 0 Å². The minimum absolute atomic E-state index is 0.0729. The van der Waals surface area contributed by atoms with E-state index in [0.29, 0.717) is 30.0 Å². The third-order valence-corrected chi connectivity index (χ3v) is 6.33. The molecule has 2 aromatic heterocycles. The number of carbonyl (C=O) groups is 1. The van der Waals surface area contributed by atoms with E-state index in [1.165, 1.54) is 31.5 Å². The quantitative estimate of drug-likeness (QED) is 0.283. The van der Waals surface area contributed by atoms with Crippen LogP contribution in [0.4, 0.5) is 62.8 Å². The molecular formula is C26H25F9N6O3. The molecule has 3 heterocycles. The summed E-state index contributed by atoms with van der Waals surface area (Å²) in [6, 6.07) is 6.15. The summed E-state index contributed by atoms with van der Waals surface area (Å²) in [7, 11) is 1.50. The van der Waals surface area contributed by atoms with Gasteiger partial charge in [0, 0.05) is 50.2 Å². The van der Waals surface area contributed by atoms with Crippen LogP contribution in [0, 0.1) is 0 Å². The van der Waals surface area contributed by atoms with Gasteiger partial charge in [0.05, 0.1) is 16.8 Å². The van der Waals surface area contributed by atoms with Crippen LogP contribution in [-0.2, 0) is 34.7 Å². The molecule has 3 aromatic rings. The van der Waals surface area contributed by atoms with E-state index < -0.39 is 41.7 Å². The Morgan fingerprint density at radius 2 is 1.68 bits per heavy atom. The standard InChI is InChI=1S/C24H24F6N6O.C2HF3O2/c1-37-12-9-16-13-19-17(8-11-36(16)21-18(24(28,29)30)3-2-10-32-21)20(31)35-22(34-19)33-15-6-4-14(5-7-15)23(25,26)27;3-2(4,5)1(6)7/h2-7,10,16H,8-9,11-13H2,1H3,(H3,31,33,34,35);(H,6,7). The third-order valence-electron chi connectivity index (χ3n) is 6.33. The van der Waals surface area contributed by atoms with Crippen molar-refractivity contribution in [3.05, 3.63) is 65.0 Å². The number of nitrogens with two attached hydrogens (primary N) is 1. The Kier molecular flexibility index (Phi) is 10.5. The van der Waals surface area contributed by atoms with Crippen LogP contribution >= 0.6 is 0 Å². The zero-order chi connectivity index (χ0) is 32.9. The number of nitrogens with one attached hydrogen (secondary N) is 1. The smallest absolute Gasteiger partial charge is 0.475 e. The number of carboxylic acids is 1. The molecule has 0 fully saturated rings. The Labute approximate surface area is 243 Å². The van der Waals surface area contributed by atoms with Gasteiger partial charge in [-0.1, -0.05) is 0 Å². The van der Waals surface area contributed by atoms with Crippen LogP contribution in [0.5, 0.6) is 0 Å². The van der Waals surface area contributed by atoms with Gasteiger partial charge in [-0.3, -0.25) is 0 Å². The zero-order valence-corrected chi connectivity index (χ0v) is 22.7. The van der Waals surface area contributed by atoms with E-state index in [2.05, 4.69) is 20.3 Å². The van der Waals surface area contributed by atoms with Crippen LogP contribution < -0.4 is 16.0 Å². The summed E-state index contributed by atoms with van der Waals surface area (Å²) in [6.45, 7) is 0.489. The first kappa shape index (κ1) is 34.1. The number of nitrogens with zero attached hydrogens (tertiary/aromatic N) is 4. The molecule has 0 aliphatic carbocycles. The summed E-state index contributed by atoms with van der Waals surface area (Å²) in [4.78, 5) is 23.3. The second kappa shape index (κ2) is 13.5. The molecule has 0 spiro atoms. The van der Waals surface area contributed by atoms with Gasteiger partial charge in [0.15, 0.2) is 0 Å². The molecule has 0 bridgehead atoms. The molecule has 9 nitrogen and oxygen atoms in total. The molecule has 4 N–H and O–H groups in total. The Balaban J connectivity index is 0.000000676. The predicted octanol–water partition coefficient (Wildman–Crippen LogP) is 5.88. The van der Waals surface area contributed by atoms with Crippen molar-refractivity contribution < 1.29 is 54.2 Å². The fourth-order valence-corrected chi connectivity index (χ4v) is 4.30. The van der Waals surface area contributed by atoms with Gasteiger partial charge in [-0.05, 0) is 49.2 Å². The SMILES string of the molecule is COCCC1Cc2nc(Nc3ccc(C(F)(F)F)cc3)nc(N)c2CCN1c1ncccc1C(F)(F)F.O=C(O)C(F)(F)F. The molecule has 4 rings (SSSR count). The maximum atomic E-state index is 13.8. The first-order valence-electron chi connectivity index (χ1n) is 12.6. The van der Waals surface area contributed by atoms with E-state index in [9.17, 15) is 39.5 Å². The van der Waals surface area contributed by atoms with Crippen molar-refractivity contribution in [1.82, 2.24) is 15.0 Å². The number of aromatic nitrogens is 3. The summed E-state index contributed by atoms with van der Waals surface area (Å²) in [5.74, 6) is -2.72. The molecule has 0 amide bonds. The molecule has 1 aliphatic heterocycles. The van der Waals surface area contributed by atoms with Crippen molar-refractivity contribution in [1.29, 1.82) is 0 Å². The number of rotatable bonds is 6. The van der Waals surface area contributed by atoms with Gasteiger partial charge < -0.3 is 25.8 Å². The number of nitrogen functional groups attached to an aromatic ring is 1. The highest BCUT2D eigenvalue weighted by Gasteiger charge is 2.39. The van der Waals surface area contributed by atoms with Gasteiger partial charge in [-0.2, -0.15) is 44.5 Å². The number of ether oxygens (including phenoxy) is 1. The number of hydrogen-bond acceptors (Lipinski definition) is 8. The minimum Gasteiger partial charge on any atom is -0.475 e.